The van der Waals surface area contributed by atoms with Crippen molar-refractivity contribution in [2.45, 2.75) is 6.04 Å². The van der Waals surface area contributed by atoms with Crippen LogP contribution in [0, 0.1) is 0 Å². The van der Waals surface area contributed by atoms with Gasteiger partial charge in [0.05, 0.1) is 23.2 Å². The molecule has 2 heterocycles. The van der Waals surface area contributed by atoms with E-state index in [9.17, 15) is 4.79 Å². The van der Waals surface area contributed by atoms with Crippen molar-refractivity contribution >= 4 is 28.6 Å². The summed E-state index contributed by atoms with van der Waals surface area (Å²) in [5.74, 6) is -0.0248. The van der Waals surface area contributed by atoms with E-state index in [1.165, 1.54) is 11.3 Å². The molecule has 1 unspecified atom stereocenters. The molecule has 1 aromatic heterocycles. The van der Waals surface area contributed by atoms with E-state index in [1.54, 1.807) is 0 Å². The average Bonchev–Trinajstić information content (AvgIpc) is 3.21. The minimum absolute atomic E-state index is 0.0248. The summed E-state index contributed by atoms with van der Waals surface area (Å²) < 4.78 is 0. The number of fused-ring (bicyclic) bond motifs is 1. The number of nitrogens with one attached hydrogen (secondary N) is 1. The molecule has 5 heteroatoms. The maximum Gasteiger partial charge on any atom is 0.261 e. The first-order chi connectivity index (χ1) is 13.2. The van der Waals surface area contributed by atoms with Crippen LogP contribution in [0.2, 0.25) is 0 Å². The molecule has 0 aliphatic carbocycles. The summed E-state index contributed by atoms with van der Waals surface area (Å²) in [6.45, 7) is 1.17. The molecule has 1 N–H and O–H groups in total. The zero-order chi connectivity index (χ0) is 18.6. The number of para-hydroxylation sites is 1. The first kappa shape index (κ1) is 17.5. The van der Waals surface area contributed by atoms with E-state index in [1.807, 2.05) is 47.8 Å². The molecule has 1 atom stereocenters. The average molecular weight is 375 g/mol. The minimum Gasteiger partial charge on any atom is -0.367 e. The zero-order valence-electron chi connectivity index (χ0n) is 15.1. The smallest absolute Gasteiger partial charge is 0.261 e. The van der Waals surface area contributed by atoms with E-state index >= 15 is 0 Å². The number of hydrogen-bond donors (Lipinski definition) is 1. The van der Waals surface area contributed by atoms with Crippen molar-refractivity contribution in [2.24, 2.45) is 4.99 Å². The van der Waals surface area contributed by atoms with Gasteiger partial charge in [-0.2, -0.15) is 0 Å². The normalized spacial score (nSPS) is 16.3. The molecule has 4 rings (SSSR count). The van der Waals surface area contributed by atoms with Gasteiger partial charge in [-0.05, 0) is 17.5 Å². The van der Waals surface area contributed by atoms with Crippen LogP contribution < -0.4 is 10.2 Å². The molecule has 2 aromatic carbocycles. The van der Waals surface area contributed by atoms with E-state index in [2.05, 4.69) is 41.5 Å². The molecular formula is C22H21N3OS. The molecule has 0 saturated heterocycles. The first-order valence-electron chi connectivity index (χ1n) is 8.98. The third kappa shape index (κ3) is 3.64. The van der Waals surface area contributed by atoms with Crippen LogP contribution in [-0.4, -0.2) is 37.8 Å². The number of benzodiazepines with no additional fused rings is 1. The van der Waals surface area contributed by atoms with Crippen molar-refractivity contribution in [1.29, 1.82) is 0 Å². The van der Waals surface area contributed by atoms with Gasteiger partial charge >= 0.3 is 0 Å². The van der Waals surface area contributed by atoms with Gasteiger partial charge < -0.3 is 10.2 Å². The van der Waals surface area contributed by atoms with Crippen molar-refractivity contribution in [3.63, 3.8) is 0 Å². The number of thiophene rings is 1. The monoisotopic (exact) mass is 375 g/mol. The first-order valence-corrected chi connectivity index (χ1v) is 9.86. The lowest BCUT2D eigenvalue weighted by Crippen LogP contribution is -2.43. The van der Waals surface area contributed by atoms with Crippen LogP contribution in [0.25, 0.3) is 0 Å². The Hall–Kier alpha value is -2.92. The number of rotatable bonds is 4. The number of hydrogen-bond acceptors (Lipinski definition) is 4. The number of carbonyl (C=O) groups excluding carboxylic acids is 1. The van der Waals surface area contributed by atoms with E-state index in [4.69, 9.17) is 4.99 Å². The summed E-state index contributed by atoms with van der Waals surface area (Å²) in [5.41, 5.74) is 4.37. The number of anilines is 1. The summed E-state index contributed by atoms with van der Waals surface area (Å²) in [5, 5.41) is 4.97. The van der Waals surface area contributed by atoms with Gasteiger partial charge in [0.1, 0.15) is 0 Å². The van der Waals surface area contributed by atoms with Crippen LogP contribution in [0.5, 0.6) is 0 Å². The van der Waals surface area contributed by atoms with E-state index in [0.717, 1.165) is 27.4 Å². The number of amides is 1. The van der Waals surface area contributed by atoms with Crippen LogP contribution in [0.3, 0.4) is 0 Å². The molecule has 1 amide bonds. The van der Waals surface area contributed by atoms with E-state index in [-0.39, 0.29) is 11.9 Å². The summed E-state index contributed by atoms with van der Waals surface area (Å²) in [7, 11) is 2.07. The van der Waals surface area contributed by atoms with Gasteiger partial charge in [0.15, 0.2) is 0 Å². The maximum atomic E-state index is 12.3. The molecule has 27 heavy (non-hydrogen) atoms. The predicted molar refractivity (Wildman–Crippen MR) is 112 cm³/mol. The number of nitrogens with zero attached hydrogens (tertiary/aromatic N) is 2. The Balaban J connectivity index is 1.61. The molecule has 0 spiro atoms. The topological polar surface area (TPSA) is 44.7 Å². The van der Waals surface area contributed by atoms with Crippen LogP contribution in [0.15, 0.2) is 77.1 Å². The third-order valence-electron chi connectivity index (χ3n) is 4.84. The van der Waals surface area contributed by atoms with Crippen molar-refractivity contribution in [1.82, 2.24) is 5.32 Å². The van der Waals surface area contributed by atoms with Gasteiger partial charge in [-0.15, -0.1) is 11.3 Å². The Morgan fingerprint density at radius 2 is 1.89 bits per heavy atom. The largest absolute Gasteiger partial charge is 0.367 e. The number of benzene rings is 2. The summed E-state index contributed by atoms with van der Waals surface area (Å²) in [6.07, 6.45) is 0. The summed E-state index contributed by atoms with van der Waals surface area (Å²) in [6, 6.07) is 22.4. The molecule has 0 saturated carbocycles. The van der Waals surface area contributed by atoms with E-state index < -0.39 is 0 Å². The highest BCUT2D eigenvalue weighted by atomic mass is 32.1. The Bertz CT molecular complexity index is 951. The highest BCUT2D eigenvalue weighted by molar-refractivity contribution is 7.12. The maximum absolute atomic E-state index is 12.3. The minimum atomic E-state index is -0.0248. The Morgan fingerprint density at radius 3 is 2.67 bits per heavy atom. The zero-order valence-corrected chi connectivity index (χ0v) is 15.9. The van der Waals surface area contributed by atoms with Crippen LogP contribution in [0.4, 0.5) is 5.69 Å². The molecule has 0 bridgehead atoms. The van der Waals surface area contributed by atoms with Crippen molar-refractivity contribution in [2.75, 3.05) is 25.0 Å². The molecule has 1 aliphatic heterocycles. The summed E-state index contributed by atoms with van der Waals surface area (Å²) >= 11 is 1.46. The van der Waals surface area contributed by atoms with Gasteiger partial charge in [0, 0.05) is 30.4 Å². The Kier molecular flexibility index (Phi) is 5.03. The van der Waals surface area contributed by atoms with Crippen molar-refractivity contribution < 1.29 is 4.79 Å². The summed E-state index contributed by atoms with van der Waals surface area (Å²) in [4.78, 5) is 20.2. The second kappa shape index (κ2) is 7.76. The number of carbonyl (C=O) groups is 1. The fourth-order valence-electron chi connectivity index (χ4n) is 3.33. The van der Waals surface area contributed by atoms with Gasteiger partial charge in [0.2, 0.25) is 0 Å². The Labute approximate surface area is 163 Å². The third-order valence-corrected chi connectivity index (χ3v) is 5.71. The SMILES string of the molecule is CN1c2ccccc2C(c2ccccc2)=NCC1CNC(=O)c1cccs1. The molecule has 1 aliphatic rings. The molecule has 0 fully saturated rings. The standard InChI is InChI=1S/C22H21N3OS/c1-25-17(15-24-22(26)20-12-7-13-27-20)14-23-21(16-8-3-2-4-9-16)18-10-5-6-11-19(18)25/h2-13,17H,14-15H2,1H3,(H,24,26). The lowest BCUT2D eigenvalue weighted by atomic mass is 10.0. The van der Waals surface area contributed by atoms with Gasteiger partial charge in [-0.1, -0.05) is 54.6 Å². The fraction of sp³-hybridized carbons (Fsp3) is 0.182. The second-order valence-electron chi connectivity index (χ2n) is 6.52. The molecule has 0 radical (unpaired) electrons. The van der Waals surface area contributed by atoms with Gasteiger partial charge in [-0.3, -0.25) is 9.79 Å². The molecule has 3 aromatic rings. The molecule has 4 nitrogen and oxygen atoms in total. The van der Waals surface area contributed by atoms with Crippen LogP contribution >= 0.6 is 11.3 Å². The predicted octanol–water partition coefficient (Wildman–Crippen LogP) is 3.83. The fourth-order valence-corrected chi connectivity index (χ4v) is 3.97. The molecular weight excluding hydrogens is 354 g/mol. The highest BCUT2D eigenvalue weighted by Crippen LogP contribution is 2.27. The lowest BCUT2D eigenvalue weighted by molar-refractivity contribution is 0.0955. The highest BCUT2D eigenvalue weighted by Gasteiger charge is 2.24. The number of aliphatic imine (C=N–C) groups is 1. The van der Waals surface area contributed by atoms with Crippen LogP contribution in [0.1, 0.15) is 20.8 Å². The van der Waals surface area contributed by atoms with Crippen molar-refractivity contribution in [3.05, 3.63) is 88.1 Å². The van der Waals surface area contributed by atoms with Crippen molar-refractivity contribution in [3.8, 4) is 0 Å². The second-order valence-corrected chi connectivity index (χ2v) is 7.47. The van der Waals surface area contributed by atoms with E-state index in [0.29, 0.717) is 13.1 Å². The lowest BCUT2D eigenvalue weighted by Gasteiger charge is -2.28. The quantitative estimate of drug-likeness (QED) is 0.753. The van der Waals surface area contributed by atoms with Gasteiger partial charge in [-0.25, -0.2) is 0 Å². The van der Waals surface area contributed by atoms with Gasteiger partial charge in [0.25, 0.3) is 5.91 Å². The molecule has 136 valence electrons. The Morgan fingerprint density at radius 1 is 1.11 bits per heavy atom. The number of likely N-dealkylation sites (N-methyl/N-ethyl adjacent to an activating group) is 1. The van der Waals surface area contributed by atoms with Crippen LogP contribution in [-0.2, 0) is 0 Å².